The summed E-state index contributed by atoms with van der Waals surface area (Å²) in [5, 5.41) is 7.15. The van der Waals surface area contributed by atoms with E-state index < -0.39 is 12.0 Å². The number of benzene rings is 1. The highest BCUT2D eigenvalue weighted by molar-refractivity contribution is 7.12. The minimum atomic E-state index is -0.520. The molecule has 2 amide bonds. The summed E-state index contributed by atoms with van der Waals surface area (Å²) >= 11 is 1.30. The Labute approximate surface area is 156 Å². The predicted molar refractivity (Wildman–Crippen MR) is 99.8 cm³/mol. The molecule has 1 unspecified atom stereocenters. The quantitative estimate of drug-likeness (QED) is 0.696. The van der Waals surface area contributed by atoms with Gasteiger partial charge in [-0.05, 0) is 30.9 Å². The number of carbonyl (C=O) groups is 3. The average molecular weight is 374 g/mol. The third kappa shape index (κ3) is 6.33. The van der Waals surface area contributed by atoms with E-state index >= 15 is 0 Å². The van der Waals surface area contributed by atoms with Crippen LogP contribution in [0.25, 0.3) is 0 Å². The van der Waals surface area contributed by atoms with Crippen LogP contribution >= 0.6 is 11.3 Å². The summed E-state index contributed by atoms with van der Waals surface area (Å²) in [4.78, 5) is 36.7. The monoisotopic (exact) mass is 374 g/mol. The van der Waals surface area contributed by atoms with Crippen LogP contribution in [-0.2, 0) is 14.3 Å². The van der Waals surface area contributed by atoms with Crippen LogP contribution in [0.1, 0.15) is 41.5 Å². The Kier molecular flexibility index (Phi) is 7.35. The second-order valence-corrected chi connectivity index (χ2v) is 6.88. The Morgan fingerprint density at radius 1 is 1.08 bits per heavy atom. The molecule has 1 atom stereocenters. The van der Waals surface area contributed by atoms with Crippen molar-refractivity contribution in [1.82, 2.24) is 10.6 Å². The zero-order valence-corrected chi connectivity index (χ0v) is 15.5. The molecule has 0 fully saturated rings. The molecule has 1 aromatic carbocycles. The van der Waals surface area contributed by atoms with Gasteiger partial charge in [0.05, 0.1) is 30.0 Å². The largest absolute Gasteiger partial charge is 0.463 e. The molecule has 1 heterocycles. The first-order valence-corrected chi connectivity index (χ1v) is 9.19. The highest BCUT2D eigenvalue weighted by Gasteiger charge is 2.20. The molecular weight excluding hydrogens is 352 g/mol. The smallest absolute Gasteiger partial charge is 0.308 e. The molecule has 138 valence electrons. The van der Waals surface area contributed by atoms with Gasteiger partial charge in [-0.25, -0.2) is 0 Å². The van der Waals surface area contributed by atoms with E-state index in [1.54, 1.807) is 31.4 Å². The number of amides is 2. The van der Waals surface area contributed by atoms with Crippen LogP contribution in [0, 0.1) is 0 Å². The zero-order chi connectivity index (χ0) is 18.9. The van der Waals surface area contributed by atoms with Gasteiger partial charge in [-0.3, -0.25) is 14.4 Å². The number of ether oxygens (including phenoxy) is 1. The molecule has 0 aliphatic carbocycles. The van der Waals surface area contributed by atoms with E-state index in [-0.39, 0.29) is 30.9 Å². The summed E-state index contributed by atoms with van der Waals surface area (Å²) in [7, 11) is 0. The number of hydrogen-bond acceptors (Lipinski definition) is 5. The third-order valence-electron chi connectivity index (χ3n) is 3.43. The maximum atomic E-state index is 12.2. The molecule has 1 aromatic heterocycles. The van der Waals surface area contributed by atoms with E-state index in [4.69, 9.17) is 4.74 Å². The van der Waals surface area contributed by atoms with E-state index in [0.29, 0.717) is 4.88 Å². The molecule has 0 saturated heterocycles. The van der Waals surface area contributed by atoms with Gasteiger partial charge in [-0.15, -0.1) is 11.3 Å². The molecule has 0 aliphatic heterocycles. The summed E-state index contributed by atoms with van der Waals surface area (Å²) in [5.41, 5.74) is 0.797. The first-order chi connectivity index (χ1) is 12.5. The van der Waals surface area contributed by atoms with Crippen molar-refractivity contribution in [3.8, 4) is 0 Å². The lowest BCUT2D eigenvalue weighted by Crippen LogP contribution is -2.39. The molecule has 2 rings (SSSR count). The summed E-state index contributed by atoms with van der Waals surface area (Å²) in [5.74, 6) is -1.07. The highest BCUT2D eigenvalue weighted by Crippen LogP contribution is 2.17. The van der Waals surface area contributed by atoms with Crippen LogP contribution in [0.15, 0.2) is 47.8 Å². The molecule has 0 radical (unpaired) electrons. The third-order valence-corrected chi connectivity index (χ3v) is 4.30. The van der Waals surface area contributed by atoms with E-state index in [1.807, 2.05) is 30.3 Å². The SMILES string of the molecule is CC(C)OC(=O)CC(NC(=O)CNC(=O)c1cccs1)c1ccccc1. The van der Waals surface area contributed by atoms with Gasteiger partial charge < -0.3 is 15.4 Å². The van der Waals surface area contributed by atoms with Gasteiger partial charge in [0, 0.05) is 0 Å². The molecule has 6 nitrogen and oxygen atoms in total. The van der Waals surface area contributed by atoms with Gasteiger partial charge >= 0.3 is 5.97 Å². The first kappa shape index (κ1) is 19.7. The van der Waals surface area contributed by atoms with E-state index in [1.165, 1.54) is 11.3 Å². The van der Waals surface area contributed by atoms with Crippen molar-refractivity contribution >= 4 is 29.1 Å². The van der Waals surface area contributed by atoms with Crippen molar-refractivity contribution in [2.24, 2.45) is 0 Å². The summed E-state index contributed by atoms with van der Waals surface area (Å²) in [6.45, 7) is 3.38. The molecule has 0 bridgehead atoms. The van der Waals surface area contributed by atoms with Crippen LogP contribution in [0.5, 0.6) is 0 Å². The number of carbonyl (C=O) groups excluding carboxylic acids is 3. The Bertz CT molecular complexity index is 729. The van der Waals surface area contributed by atoms with Crippen molar-refractivity contribution in [2.75, 3.05) is 6.54 Å². The lowest BCUT2D eigenvalue weighted by atomic mass is 10.0. The highest BCUT2D eigenvalue weighted by atomic mass is 32.1. The van der Waals surface area contributed by atoms with Gasteiger partial charge in [0.25, 0.3) is 5.91 Å². The lowest BCUT2D eigenvalue weighted by Gasteiger charge is -2.19. The van der Waals surface area contributed by atoms with Gasteiger partial charge in [0.15, 0.2) is 0 Å². The molecule has 26 heavy (non-hydrogen) atoms. The molecular formula is C19H22N2O4S. The molecule has 0 aliphatic rings. The second kappa shape index (κ2) is 9.72. The summed E-state index contributed by atoms with van der Waals surface area (Å²) in [6.07, 6.45) is -0.202. The fourth-order valence-corrected chi connectivity index (χ4v) is 2.96. The average Bonchev–Trinajstić information content (AvgIpc) is 3.14. The van der Waals surface area contributed by atoms with Crippen LogP contribution in [0.2, 0.25) is 0 Å². The van der Waals surface area contributed by atoms with Crippen molar-refractivity contribution in [3.05, 3.63) is 58.3 Å². The summed E-state index contributed by atoms with van der Waals surface area (Å²) in [6, 6.07) is 12.1. The Balaban J connectivity index is 1.95. The Morgan fingerprint density at radius 3 is 2.42 bits per heavy atom. The van der Waals surface area contributed by atoms with Crippen LogP contribution in [0.3, 0.4) is 0 Å². The van der Waals surface area contributed by atoms with Gasteiger partial charge in [-0.1, -0.05) is 36.4 Å². The first-order valence-electron chi connectivity index (χ1n) is 8.31. The summed E-state index contributed by atoms with van der Waals surface area (Å²) < 4.78 is 5.17. The van der Waals surface area contributed by atoms with Crippen LogP contribution in [0.4, 0.5) is 0 Å². The van der Waals surface area contributed by atoms with Crippen LogP contribution in [-0.4, -0.2) is 30.4 Å². The van der Waals surface area contributed by atoms with Gasteiger partial charge in [0.2, 0.25) is 5.91 Å². The fraction of sp³-hybridized carbons (Fsp3) is 0.316. The molecule has 7 heteroatoms. The predicted octanol–water partition coefficient (Wildman–Crippen LogP) is 2.68. The Hall–Kier alpha value is -2.67. The van der Waals surface area contributed by atoms with Crippen molar-refractivity contribution < 1.29 is 19.1 Å². The van der Waals surface area contributed by atoms with E-state index in [9.17, 15) is 14.4 Å². The number of thiophene rings is 1. The van der Waals surface area contributed by atoms with E-state index in [0.717, 1.165) is 5.56 Å². The lowest BCUT2D eigenvalue weighted by molar-refractivity contribution is -0.148. The van der Waals surface area contributed by atoms with Gasteiger partial charge in [-0.2, -0.15) is 0 Å². The zero-order valence-electron chi connectivity index (χ0n) is 14.7. The standard InChI is InChI=1S/C19H22N2O4S/c1-13(2)25-18(23)11-15(14-7-4-3-5-8-14)21-17(22)12-20-19(24)16-9-6-10-26-16/h3-10,13,15H,11-12H2,1-2H3,(H,20,24)(H,21,22). The van der Waals surface area contributed by atoms with Crippen molar-refractivity contribution in [2.45, 2.75) is 32.4 Å². The molecule has 0 saturated carbocycles. The maximum Gasteiger partial charge on any atom is 0.308 e. The van der Waals surface area contributed by atoms with E-state index in [2.05, 4.69) is 10.6 Å². The van der Waals surface area contributed by atoms with Gasteiger partial charge in [0.1, 0.15) is 0 Å². The molecule has 2 N–H and O–H groups in total. The van der Waals surface area contributed by atoms with Crippen molar-refractivity contribution in [3.63, 3.8) is 0 Å². The number of hydrogen-bond donors (Lipinski definition) is 2. The number of nitrogens with one attached hydrogen (secondary N) is 2. The number of rotatable bonds is 8. The minimum Gasteiger partial charge on any atom is -0.463 e. The molecule has 2 aromatic rings. The molecule has 0 spiro atoms. The fourth-order valence-electron chi connectivity index (χ4n) is 2.32. The normalized spacial score (nSPS) is 11.7. The topological polar surface area (TPSA) is 84.5 Å². The van der Waals surface area contributed by atoms with Crippen molar-refractivity contribution in [1.29, 1.82) is 0 Å². The van der Waals surface area contributed by atoms with Crippen LogP contribution < -0.4 is 10.6 Å². The minimum absolute atomic E-state index is 0.0206. The maximum absolute atomic E-state index is 12.2. The number of esters is 1. The Morgan fingerprint density at radius 2 is 1.81 bits per heavy atom. The second-order valence-electron chi connectivity index (χ2n) is 5.93.